The average molecular weight is 426 g/mol. The number of rotatable bonds is 7. The highest BCUT2D eigenvalue weighted by atomic mass is 32.2. The van der Waals surface area contributed by atoms with E-state index >= 15 is 0 Å². The summed E-state index contributed by atoms with van der Waals surface area (Å²) in [7, 11) is -0.764. The Kier molecular flexibility index (Phi) is 6.24. The number of benzene rings is 1. The Morgan fingerprint density at radius 3 is 2.38 bits per heavy atom. The predicted octanol–water partition coefficient (Wildman–Crippen LogP) is 0.717. The lowest BCUT2D eigenvalue weighted by molar-refractivity contribution is -0.138. The number of carbonyl (C=O) groups excluding carboxylic acids is 3. The third-order valence-electron chi connectivity index (χ3n) is 5.06. The number of hydrazine groups is 1. The molecule has 1 aromatic rings. The molecule has 1 aromatic carbocycles. The molecule has 11 heteroatoms. The number of hydrogen-bond donors (Lipinski definition) is 3. The van der Waals surface area contributed by atoms with Gasteiger partial charge in [0.1, 0.15) is 5.54 Å². The summed E-state index contributed by atoms with van der Waals surface area (Å²) in [5.74, 6) is -1.16. The molecule has 1 fully saturated rings. The molecule has 1 aliphatic rings. The van der Waals surface area contributed by atoms with Gasteiger partial charge in [-0.3, -0.25) is 15.0 Å². The number of hydrogen-bond acceptors (Lipinski definition) is 6. The number of urea groups is 1. The number of sulfonamides is 1. The number of aryl methyl sites for hydroxylation is 1. The Hall–Kier alpha value is -2.66. The van der Waals surface area contributed by atoms with Crippen molar-refractivity contribution in [1.29, 1.82) is 0 Å². The average Bonchev–Trinajstić information content (AvgIpc) is 2.86. The summed E-state index contributed by atoms with van der Waals surface area (Å²) in [6.45, 7) is 6.65. The number of nitrogens with zero attached hydrogens (tertiary/aromatic N) is 2. The number of nitrogens with one attached hydrogen (secondary N) is 3. The number of carbonyl (C=O) groups is 3. The lowest BCUT2D eigenvalue weighted by atomic mass is 10.00. The van der Waals surface area contributed by atoms with E-state index in [0.717, 1.165) is 15.4 Å². The molecule has 1 unspecified atom stereocenters. The molecule has 29 heavy (non-hydrogen) atoms. The molecule has 1 aliphatic heterocycles. The monoisotopic (exact) mass is 425 g/mol. The molecule has 3 N–H and O–H groups in total. The van der Waals surface area contributed by atoms with Crippen LogP contribution in [0.5, 0.6) is 0 Å². The van der Waals surface area contributed by atoms with Crippen LogP contribution in [0.4, 0.5) is 10.5 Å². The highest BCUT2D eigenvalue weighted by Crippen LogP contribution is 2.25. The fraction of sp³-hybridized carbons (Fsp3) is 0.500. The van der Waals surface area contributed by atoms with E-state index in [1.54, 1.807) is 33.8 Å². The summed E-state index contributed by atoms with van der Waals surface area (Å²) in [4.78, 5) is 36.7. The summed E-state index contributed by atoms with van der Waals surface area (Å²) in [6, 6.07) is 2.32. The van der Waals surface area contributed by atoms with Crippen LogP contribution in [0.1, 0.15) is 31.4 Å². The molecule has 0 aromatic heterocycles. The fourth-order valence-corrected chi connectivity index (χ4v) is 3.75. The normalized spacial score (nSPS) is 19.5. The molecule has 1 saturated heterocycles. The lowest BCUT2D eigenvalue weighted by Gasteiger charge is -2.20. The van der Waals surface area contributed by atoms with Crippen molar-refractivity contribution in [2.24, 2.45) is 0 Å². The van der Waals surface area contributed by atoms with Gasteiger partial charge in [-0.2, -0.15) is 5.01 Å². The molecule has 0 aliphatic carbocycles. The van der Waals surface area contributed by atoms with Gasteiger partial charge >= 0.3 is 6.03 Å². The van der Waals surface area contributed by atoms with Crippen molar-refractivity contribution < 1.29 is 22.8 Å². The molecule has 0 spiro atoms. The predicted molar refractivity (Wildman–Crippen MR) is 107 cm³/mol. The molecular weight excluding hydrogens is 398 g/mol. The van der Waals surface area contributed by atoms with Gasteiger partial charge in [0.05, 0.1) is 11.4 Å². The third kappa shape index (κ3) is 4.35. The van der Waals surface area contributed by atoms with E-state index < -0.39 is 33.4 Å². The van der Waals surface area contributed by atoms with Crippen molar-refractivity contribution >= 4 is 33.6 Å². The van der Waals surface area contributed by atoms with Crippen molar-refractivity contribution in [3.63, 3.8) is 0 Å². The van der Waals surface area contributed by atoms with Gasteiger partial charge in [-0.25, -0.2) is 17.5 Å². The minimum atomic E-state index is -3.64. The third-order valence-corrected chi connectivity index (χ3v) is 6.86. The maximum absolute atomic E-state index is 12.4. The largest absolute Gasteiger partial charge is 0.376 e. The van der Waals surface area contributed by atoms with E-state index in [9.17, 15) is 22.8 Å². The van der Waals surface area contributed by atoms with Crippen molar-refractivity contribution in [2.75, 3.05) is 26.0 Å². The molecular formula is C18H27N5O5S. The van der Waals surface area contributed by atoms with Crippen molar-refractivity contribution in [3.05, 3.63) is 23.3 Å². The first-order chi connectivity index (χ1) is 13.3. The number of imide groups is 1. The van der Waals surface area contributed by atoms with Gasteiger partial charge in [0.2, 0.25) is 10.0 Å². The second-order valence-electron chi connectivity index (χ2n) is 7.35. The van der Waals surface area contributed by atoms with Gasteiger partial charge in [0, 0.05) is 19.8 Å². The SMILES string of the molecule is CCC1(C)NC(=O)N(NC(=O)CNc2cc(S(=O)(=O)N(C)C)cc(C)c2C)C1=O. The van der Waals surface area contributed by atoms with E-state index in [4.69, 9.17) is 0 Å². The van der Waals surface area contributed by atoms with Gasteiger partial charge in [-0.1, -0.05) is 6.92 Å². The quantitative estimate of drug-likeness (QED) is 0.552. The minimum Gasteiger partial charge on any atom is -0.376 e. The molecule has 0 bridgehead atoms. The molecule has 10 nitrogen and oxygen atoms in total. The van der Waals surface area contributed by atoms with Gasteiger partial charge in [-0.05, 0) is 50.5 Å². The van der Waals surface area contributed by atoms with Gasteiger partial charge < -0.3 is 10.6 Å². The van der Waals surface area contributed by atoms with Crippen molar-refractivity contribution in [2.45, 2.75) is 44.6 Å². The Balaban J connectivity index is 2.14. The first-order valence-corrected chi connectivity index (χ1v) is 10.5. The first kappa shape index (κ1) is 22.6. The van der Waals surface area contributed by atoms with E-state index in [1.807, 2.05) is 0 Å². The molecule has 160 valence electrons. The van der Waals surface area contributed by atoms with E-state index in [2.05, 4.69) is 16.1 Å². The van der Waals surface area contributed by atoms with E-state index in [1.165, 1.54) is 20.2 Å². The highest BCUT2D eigenvalue weighted by Gasteiger charge is 2.47. The van der Waals surface area contributed by atoms with Crippen molar-refractivity contribution in [1.82, 2.24) is 20.1 Å². The maximum atomic E-state index is 12.4. The van der Waals surface area contributed by atoms with Gasteiger partial charge in [0.25, 0.3) is 11.8 Å². The van der Waals surface area contributed by atoms with Crippen LogP contribution in [-0.4, -0.2) is 61.8 Å². The van der Waals surface area contributed by atoms with Crippen LogP contribution in [0.3, 0.4) is 0 Å². The summed E-state index contributed by atoms with van der Waals surface area (Å²) in [5.41, 5.74) is 3.21. The number of amides is 4. The molecule has 1 heterocycles. The summed E-state index contributed by atoms with van der Waals surface area (Å²) in [6.07, 6.45) is 0.383. The molecule has 0 radical (unpaired) electrons. The van der Waals surface area contributed by atoms with Crippen LogP contribution < -0.4 is 16.1 Å². The molecule has 0 saturated carbocycles. The van der Waals surface area contributed by atoms with Crippen LogP contribution in [0, 0.1) is 13.8 Å². The second kappa shape index (κ2) is 7.99. The molecule has 4 amide bonds. The highest BCUT2D eigenvalue weighted by molar-refractivity contribution is 7.89. The minimum absolute atomic E-state index is 0.0984. The van der Waals surface area contributed by atoms with Gasteiger partial charge in [-0.15, -0.1) is 0 Å². The standard InChI is InChI=1S/C18H27N5O5S/c1-7-18(4)16(25)23(17(26)20-18)21-15(24)10-19-14-9-13(8-11(2)12(14)3)29(27,28)22(5)6/h8-9,19H,7,10H2,1-6H3,(H,20,26)(H,21,24). The maximum Gasteiger partial charge on any atom is 0.344 e. The molecule has 2 rings (SSSR count). The van der Waals surface area contributed by atoms with Gasteiger partial charge in [0.15, 0.2) is 0 Å². The Labute approximate surface area is 170 Å². The summed E-state index contributed by atoms with van der Waals surface area (Å²) in [5, 5.41) is 6.08. The van der Waals surface area contributed by atoms with Crippen LogP contribution in [0.15, 0.2) is 17.0 Å². The second-order valence-corrected chi connectivity index (χ2v) is 9.50. The fourth-order valence-electron chi connectivity index (χ4n) is 2.73. The molecule has 1 atom stereocenters. The van der Waals surface area contributed by atoms with Crippen LogP contribution >= 0.6 is 0 Å². The zero-order valence-corrected chi connectivity index (χ0v) is 18.2. The van der Waals surface area contributed by atoms with Crippen LogP contribution in [0.25, 0.3) is 0 Å². The summed E-state index contributed by atoms with van der Waals surface area (Å²) < 4.78 is 25.9. The van der Waals surface area contributed by atoms with Crippen LogP contribution in [0.2, 0.25) is 0 Å². The Morgan fingerprint density at radius 1 is 1.24 bits per heavy atom. The zero-order chi connectivity index (χ0) is 22.1. The smallest absolute Gasteiger partial charge is 0.344 e. The zero-order valence-electron chi connectivity index (χ0n) is 17.4. The Morgan fingerprint density at radius 2 is 1.86 bits per heavy atom. The Bertz CT molecular complexity index is 960. The number of anilines is 1. The lowest BCUT2D eigenvalue weighted by Crippen LogP contribution is -2.50. The first-order valence-electron chi connectivity index (χ1n) is 9.07. The summed E-state index contributed by atoms with van der Waals surface area (Å²) >= 11 is 0. The van der Waals surface area contributed by atoms with E-state index in [-0.39, 0.29) is 11.4 Å². The van der Waals surface area contributed by atoms with Crippen LogP contribution in [-0.2, 0) is 19.6 Å². The van der Waals surface area contributed by atoms with E-state index in [0.29, 0.717) is 17.1 Å². The topological polar surface area (TPSA) is 128 Å². The van der Waals surface area contributed by atoms with Crippen molar-refractivity contribution in [3.8, 4) is 0 Å².